The van der Waals surface area contributed by atoms with E-state index in [1.807, 2.05) is 6.07 Å². The molecule has 4 rings (SSSR count). The van der Waals surface area contributed by atoms with E-state index >= 15 is 0 Å². The fourth-order valence-corrected chi connectivity index (χ4v) is 5.78. The Labute approximate surface area is 192 Å². The van der Waals surface area contributed by atoms with Gasteiger partial charge in [-0.1, -0.05) is 18.9 Å². The second kappa shape index (κ2) is 10.3. The highest BCUT2D eigenvalue weighted by atomic mass is 16.5. The first-order chi connectivity index (χ1) is 15.4. The number of nitrogens with two attached hydrogens (primary N) is 1. The van der Waals surface area contributed by atoms with E-state index in [-0.39, 0.29) is 6.61 Å². The minimum absolute atomic E-state index is 0.210. The molecule has 1 aromatic carbocycles. The number of hydrogen-bond acceptors (Lipinski definition) is 7. The summed E-state index contributed by atoms with van der Waals surface area (Å²) in [5, 5.41) is 20.7. The maximum absolute atomic E-state index is 10.5. The quantitative estimate of drug-likeness (QED) is 0.533. The average Bonchev–Trinajstić information content (AvgIpc) is 3.43. The van der Waals surface area contributed by atoms with Gasteiger partial charge in [-0.05, 0) is 61.8 Å². The molecule has 180 valence electrons. The van der Waals surface area contributed by atoms with Crippen molar-refractivity contribution in [2.75, 3.05) is 53.0 Å². The minimum atomic E-state index is -0.750. The molecule has 2 heterocycles. The number of likely N-dealkylation sites (tertiary alicyclic amines) is 2. The highest BCUT2D eigenvalue weighted by Gasteiger charge is 2.40. The van der Waals surface area contributed by atoms with Crippen molar-refractivity contribution in [3.8, 4) is 11.5 Å². The van der Waals surface area contributed by atoms with Gasteiger partial charge in [-0.15, -0.1) is 0 Å². The lowest BCUT2D eigenvalue weighted by Crippen LogP contribution is -2.50. The summed E-state index contributed by atoms with van der Waals surface area (Å²) < 4.78 is 11.5. The number of nitrogens with zero attached hydrogens (tertiary/aromatic N) is 2. The number of aliphatic hydroxyl groups excluding tert-OH is 1. The van der Waals surface area contributed by atoms with Gasteiger partial charge in [0, 0.05) is 39.3 Å². The first-order valence-corrected chi connectivity index (χ1v) is 12.3. The molecule has 3 aliphatic rings. The topological polar surface area (TPSA) is 91.4 Å². The summed E-state index contributed by atoms with van der Waals surface area (Å²) in [4.78, 5) is 4.74. The summed E-state index contributed by atoms with van der Waals surface area (Å²) in [5.74, 6) is 1.38. The number of β-amino-alcohol motifs (C(OH)–C–C–N with tert-alkyl or cyclic N) is 1. The van der Waals surface area contributed by atoms with Crippen LogP contribution in [0.15, 0.2) is 18.2 Å². The lowest BCUT2D eigenvalue weighted by atomic mass is 9.86. The van der Waals surface area contributed by atoms with Crippen molar-refractivity contribution >= 4 is 0 Å². The Morgan fingerprint density at radius 2 is 1.75 bits per heavy atom. The van der Waals surface area contributed by atoms with Gasteiger partial charge in [0.1, 0.15) is 12.7 Å². The summed E-state index contributed by atoms with van der Waals surface area (Å²) in [5.41, 5.74) is 6.73. The molecule has 7 nitrogen and oxygen atoms in total. The molecule has 1 spiro atoms. The predicted octanol–water partition coefficient (Wildman–Crippen LogP) is 1.99. The van der Waals surface area contributed by atoms with Crippen molar-refractivity contribution < 1.29 is 19.7 Å². The molecule has 1 saturated carbocycles. The number of piperidine rings is 1. The van der Waals surface area contributed by atoms with Crippen molar-refractivity contribution in [2.45, 2.75) is 63.2 Å². The number of ether oxygens (including phenoxy) is 2. The van der Waals surface area contributed by atoms with Crippen molar-refractivity contribution in [2.24, 2.45) is 11.1 Å². The van der Waals surface area contributed by atoms with Gasteiger partial charge < -0.3 is 30.3 Å². The number of methoxy groups -OCH3 is 1. The fraction of sp³-hybridized carbons (Fsp3) is 0.760. The molecule has 0 amide bonds. The van der Waals surface area contributed by atoms with Crippen molar-refractivity contribution in [1.29, 1.82) is 0 Å². The largest absolute Gasteiger partial charge is 0.493 e. The van der Waals surface area contributed by atoms with Gasteiger partial charge in [-0.2, -0.15) is 0 Å². The third-order valence-corrected chi connectivity index (χ3v) is 7.88. The molecule has 7 heteroatoms. The molecule has 1 unspecified atom stereocenters. The maximum Gasteiger partial charge on any atom is 0.161 e. The van der Waals surface area contributed by atoms with Gasteiger partial charge in [-0.25, -0.2) is 0 Å². The van der Waals surface area contributed by atoms with E-state index in [9.17, 15) is 10.2 Å². The molecule has 1 aliphatic carbocycles. The number of benzene rings is 1. The van der Waals surface area contributed by atoms with E-state index in [1.54, 1.807) is 7.11 Å². The zero-order chi connectivity index (χ0) is 22.6. The van der Waals surface area contributed by atoms with E-state index < -0.39 is 11.7 Å². The summed E-state index contributed by atoms with van der Waals surface area (Å²) in [7, 11) is 1.66. The van der Waals surface area contributed by atoms with Crippen LogP contribution in [0.2, 0.25) is 0 Å². The first kappa shape index (κ1) is 23.8. The van der Waals surface area contributed by atoms with Crippen LogP contribution in [0.1, 0.15) is 50.5 Å². The molecular weight excluding hydrogens is 406 g/mol. The van der Waals surface area contributed by atoms with E-state index in [4.69, 9.17) is 15.2 Å². The monoisotopic (exact) mass is 447 g/mol. The predicted molar refractivity (Wildman–Crippen MR) is 125 cm³/mol. The highest BCUT2D eigenvalue weighted by molar-refractivity contribution is 5.43. The standard InChI is InChI=1S/C25H41N3O4/c1-31-23-14-20(15-28-11-8-24(19-28)6-2-3-7-24)4-5-22(23)32-17-21(29)16-27-12-9-25(30,18-26)10-13-27/h4-5,14,21,29-30H,2-3,6-13,15-19,26H2,1H3. The van der Waals surface area contributed by atoms with Crippen LogP contribution in [0.25, 0.3) is 0 Å². The van der Waals surface area contributed by atoms with Gasteiger partial charge in [0.05, 0.1) is 12.7 Å². The molecule has 4 N–H and O–H groups in total. The Kier molecular flexibility index (Phi) is 7.62. The molecule has 32 heavy (non-hydrogen) atoms. The first-order valence-electron chi connectivity index (χ1n) is 12.3. The SMILES string of the molecule is COc1cc(CN2CCC3(CCCC3)C2)ccc1OCC(O)CN1CCC(O)(CN)CC1. The zero-order valence-corrected chi connectivity index (χ0v) is 19.6. The Hall–Kier alpha value is -1.38. The molecule has 2 saturated heterocycles. The Morgan fingerprint density at radius 1 is 1.03 bits per heavy atom. The number of aliphatic hydroxyl groups is 2. The Balaban J connectivity index is 1.25. The van der Waals surface area contributed by atoms with Crippen molar-refractivity contribution in [3.63, 3.8) is 0 Å². The van der Waals surface area contributed by atoms with Crippen LogP contribution in [-0.2, 0) is 6.54 Å². The van der Waals surface area contributed by atoms with E-state index in [2.05, 4.69) is 21.9 Å². The lowest BCUT2D eigenvalue weighted by Gasteiger charge is -2.38. The summed E-state index contributed by atoms with van der Waals surface area (Å²) in [6.07, 6.45) is 7.61. The van der Waals surface area contributed by atoms with Crippen molar-refractivity contribution in [1.82, 2.24) is 9.80 Å². The molecule has 0 radical (unpaired) electrons. The normalized spacial score (nSPS) is 24.1. The van der Waals surface area contributed by atoms with Gasteiger partial charge in [-0.3, -0.25) is 4.90 Å². The summed E-state index contributed by atoms with van der Waals surface area (Å²) in [6.45, 7) is 5.86. The van der Waals surface area contributed by atoms with Gasteiger partial charge in [0.2, 0.25) is 0 Å². The van der Waals surface area contributed by atoms with Crippen LogP contribution in [0.4, 0.5) is 0 Å². The molecule has 0 bridgehead atoms. The highest BCUT2D eigenvalue weighted by Crippen LogP contribution is 2.45. The van der Waals surface area contributed by atoms with Crippen LogP contribution in [0.3, 0.4) is 0 Å². The van der Waals surface area contributed by atoms with E-state index in [0.29, 0.717) is 37.1 Å². The van der Waals surface area contributed by atoms with Crippen molar-refractivity contribution in [3.05, 3.63) is 23.8 Å². The summed E-state index contributed by atoms with van der Waals surface area (Å²) in [6, 6.07) is 6.15. The van der Waals surface area contributed by atoms with Crippen LogP contribution < -0.4 is 15.2 Å². The van der Waals surface area contributed by atoms with Gasteiger partial charge in [0.15, 0.2) is 11.5 Å². The molecule has 0 aromatic heterocycles. The Morgan fingerprint density at radius 3 is 2.44 bits per heavy atom. The van der Waals surface area contributed by atoms with E-state index in [0.717, 1.165) is 25.4 Å². The molecular formula is C25H41N3O4. The van der Waals surface area contributed by atoms with Crippen LogP contribution in [0, 0.1) is 5.41 Å². The van der Waals surface area contributed by atoms with Gasteiger partial charge in [0.25, 0.3) is 0 Å². The van der Waals surface area contributed by atoms with Crippen LogP contribution >= 0.6 is 0 Å². The van der Waals surface area contributed by atoms with Crippen LogP contribution in [-0.4, -0.2) is 84.7 Å². The second-order valence-corrected chi connectivity index (χ2v) is 10.3. The smallest absolute Gasteiger partial charge is 0.161 e. The lowest BCUT2D eigenvalue weighted by molar-refractivity contribution is -0.0266. The summed E-state index contributed by atoms with van der Waals surface area (Å²) >= 11 is 0. The fourth-order valence-electron chi connectivity index (χ4n) is 5.78. The zero-order valence-electron chi connectivity index (χ0n) is 19.6. The maximum atomic E-state index is 10.5. The van der Waals surface area contributed by atoms with E-state index in [1.165, 1.54) is 50.8 Å². The molecule has 3 fully saturated rings. The van der Waals surface area contributed by atoms with Crippen LogP contribution in [0.5, 0.6) is 11.5 Å². The molecule has 1 aromatic rings. The molecule has 2 aliphatic heterocycles. The number of hydrogen-bond donors (Lipinski definition) is 3. The third-order valence-electron chi connectivity index (χ3n) is 7.88. The average molecular weight is 448 g/mol. The molecule has 1 atom stereocenters. The second-order valence-electron chi connectivity index (χ2n) is 10.3. The number of rotatable bonds is 9. The minimum Gasteiger partial charge on any atom is -0.493 e. The third kappa shape index (κ3) is 5.75. The van der Waals surface area contributed by atoms with Gasteiger partial charge >= 0.3 is 0 Å². The Bertz CT molecular complexity index is 745.